The number of aryl methyl sites for hydroxylation is 1. The van der Waals surface area contributed by atoms with Gasteiger partial charge in [-0.25, -0.2) is 4.79 Å². The van der Waals surface area contributed by atoms with E-state index in [-0.39, 0.29) is 32.0 Å². The van der Waals surface area contributed by atoms with Gasteiger partial charge in [-0.3, -0.25) is 24.6 Å². The van der Waals surface area contributed by atoms with Crippen LogP contribution >= 0.6 is 24.0 Å². The first-order valence-corrected chi connectivity index (χ1v) is 9.88. The highest BCUT2D eigenvalue weighted by molar-refractivity contribution is 8.26. The summed E-state index contributed by atoms with van der Waals surface area (Å²) < 4.78 is 5.54. The quantitative estimate of drug-likeness (QED) is 0.271. The van der Waals surface area contributed by atoms with E-state index in [2.05, 4.69) is 0 Å². The van der Waals surface area contributed by atoms with Crippen LogP contribution in [-0.2, 0) is 14.4 Å². The van der Waals surface area contributed by atoms with E-state index in [0.717, 1.165) is 16.7 Å². The van der Waals surface area contributed by atoms with Crippen molar-refractivity contribution >= 4 is 57.9 Å². The molecule has 1 aromatic carbocycles. The number of rotatable bonds is 7. The lowest BCUT2D eigenvalue weighted by Crippen LogP contribution is -2.45. The van der Waals surface area contributed by atoms with Crippen LogP contribution in [0.15, 0.2) is 39.7 Å². The molecule has 3 rings (SSSR count). The number of furan rings is 1. The van der Waals surface area contributed by atoms with E-state index in [1.54, 1.807) is 19.1 Å². The minimum atomic E-state index is -1.64. The summed E-state index contributed by atoms with van der Waals surface area (Å²) in [5.74, 6) is -3.24. The SMILES string of the molecule is Cc1ccc(-c2ccc(/C=C3\SC(=S)N(C(CC(=O)O)C(=O)O)C3=O)o2)c([N+](=O)[O-])c1. The number of nitrogens with zero attached hydrogens (tertiary/aromatic N) is 2. The summed E-state index contributed by atoms with van der Waals surface area (Å²) in [6.07, 6.45) is 0.513. The number of carbonyl (C=O) groups is 3. The molecular weight excluding hydrogens is 448 g/mol. The summed E-state index contributed by atoms with van der Waals surface area (Å²) in [4.78, 5) is 46.7. The number of amides is 1. The van der Waals surface area contributed by atoms with Gasteiger partial charge in [0.1, 0.15) is 21.9 Å². The van der Waals surface area contributed by atoms with Crippen molar-refractivity contribution < 1.29 is 33.9 Å². The molecule has 2 heterocycles. The highest BCUT2D eigenvalue weighted by Crippen LogP contribution is 2.36. The molecule has 0 spiro atoms. The Hall–Kier alpha value is -3.51. The van der Waals surface area contributed by atoms with E-state index in [1.165, 1.54) is 24.3 Å². The van der Waals surface area contributed by atoms with Gasteiger partial charge < -0.3 is 14.6 Å². The zero-order valence-corrected chi connectivity index (χ0v) is 17.4. The molecule has 1 atom stereocenters. The van der Waals surface area contributed by atoms with Gasteiger partial charge in [-0.15, -0.1) is 0 Å². The lowest BCUT2D eigenvalue weighted by atomic mass is 10.1. The lowest BCUT2D eigenvalue weighted by molar-refractivity contribution is -0.384. The molecule has 2 N–H and O–H groups in total. The molecule has 2 aromatic rings. The molecule has 1 aliphatic rings. The molecule has 0 bridgehead atoms. The summed E-state index contributed by atoms with van der Waals surface area (Å²) in [6, 6.07) is 6.03. The average Bonchev–Trinajstić information content (AvgIpc) is 3.24. The van der Waals surface area contributed by atoms with E-state index in [9.17, 15) is 29.6 Å². The standard InChI is InChI=1S/C19H14N2O8S2/c1-9-2-4-11(12(6-9)21(27)28)14-5-3-10(29-14)7-15-17(24)20(19(30)31-15)13(18(25)26)8-16(22)23/h2-7,13H,8H2,1H3,(H,22,23)(H,25,26)/b15-7-. The minimum Gasteiger partial charge on any atom is -0.481 e. The Bertz CT molecular complexity index is 1150. The van der Waals surface area contributed by atoms with E-state index in [1.807, 2.05) is 0 Å². The van der Waals surface area contributed by atoms with Crippen LogP contribution in [0.2, 0.25) is 0 Å². The topological polar surface area (TPSA) is 151 Å². The first kappa shape index (κ1) is 22.2. The van der Waals surface area contributed by atoms with Crippen LogP contribution in [0, 0.1) is 17.0 Å². The second-order valence-electron chi connectivity index (χ2n) is 6.48. The molecule has 0 saturated carbocycles. The van der Waals surface area contributed by atoms with E-state index in [4.69, 9.17) is 21.7 Å². The van der Waals surface area contributed by atoms with Crippen molar-refractivity contribution in [3.05, 3.63) is 56.7 Å². The molecule has 10 nitrogen and oxygen atoms in total. The number of nitro groups is 1. The largest absolute Gasteiger partial charge is 0.481 e. The van der Waals surface area contributed by atoms with Crippen LogP contribution in [0.25, 0.3) is 17.4 Å². The fourth-order valence-electron chi connectivity index (χ4n) is 2.91. The molecule has 1 amide bonds. The first-order chi connectivity index (χ1) is 14.6. The summed E-state index contributed by atoms with van der Waals surface area (Å²) in [7, 11) is 0. The Morgan fingerprint density at radius 3 is 2.65 bits per heavy atom. The number of hydrogen-bond acceptors (Lipinski definition) is 8. The second kappa shape index (κ2) is 8.70. The minimum absolute atomic E-state index is 0.0425. The van der Waals surface area contributed by atoms with Gasteiger partial charge in [0.15, 0.2) is 0 Å². The van der Waals surface area contributed by atoms with Crippen LogP contribution in [0.3, 0.4) is 0 Å². The van der Waals surface area contributed by atoms with Crippen LogP contribution < -0.4 is 0 Å². The van der Waals surface area contributed by atoms with Crippen LogP contribution in [-0.4, -0.2) is 48.2 Å². The molecule has 0 radical (unpaired) electrons. The lowest BCUT2D eigenvalue weighted by Gasteiger charge is -2.21. The van der Waals surface area contributed by atoms with Gasteiger partial charge in [-0.05, 0) is 30.7 Å². The van der Waals surface area contributed by atoms with Gasteiger partial charge in [0.25, 0.3) is 11.6 Å². The normalized spacial score (nSPS) is 16.0. The number of thioether (sulfide) groups is 1. The summed E-state index contributed by atoms with van der Waals surface area (Å²) in [6.45, 7) is 1.72. The average molecular weight is 462 g/mol. The van der Waals surface area contributed by atoms with Gasteiger partial charge in [-0.2, -0.15) is 0 Å². The Labute approximate surface area is 184 Å². The van der Waals surface area contributed by atoms with Crippen molar-refractivity contribution in [1.29, 1.82) is 0 Å². The van der Waals surface area contributed by atoms with Crippen molar-refractivity contribution in [2.24, 2.45) is 0 Å². The van der Waals surface area contributed by atoms with Gasteiger partial charge in [-0.1, -0.05) is 30.0 Å². The maximum atomic E-state index is 12.7. The molecule has 31 heavy (non-hydrogen) atoms. The van der Waals surface area contributed by atoms with Crippen molar-refractivity contribution in [3.8, 4) is 11.3 Å². The van der Waals surface area contributed by atoms with E-state index < -0.39 is 35.2 Å². The van der Waals surface area contributed by atoms with Crippen LogP contribution in [0.1, 0.15) is 17.7 Å². The molecule has 1 saturated heterocycles. The molecule has 1 aromatic heterocycles. The second-order valence-corrected chi connectivity index (χ2v) is 8.16. The third-order valence-corrected chi connectivity index (χ3v) is 5.63. The zero-order valence-electron chi connectivity index (χ0n) is 15.8. The predicted octanol–water partition coefficient (Wildman–Crippen LogP) is 3.29. The Balaban J connectivity index is 1.91. The third kappa shape index (κ3) is 4.64. The number of carbonyl (C=O) groups excluding carboxylic acids is 1. The highest BCUT2D eigenvalue weighted by Gasteiger charge is 2.41. The van der Waals surface area contributed by atoms with Gasteiger partial charge in [0, 0.05) is 12.1 Å². The van der Waals surface area contributed by atoms with E-state index in [0.29, 0.717) is 5.56 Å². The number of thiocarbonyl (C=S) groups is 1. The number of nitro benzene ring substituents is 1. The third-order valence-electron chi connectivity index (χ3n) is 4.30. The smallest absolute Gasteiger partial charge is 0.327 e. The maximum absolute atomic E-state index is 12.7. The van der Waals surface area contributed by atoms with Crippen molar-refractivity contribution in [2.75, 3.05) is 0 Å². The molecule has 12 heteroatoms. The monoisotopic (exact) mass is 462 g/mol. The Kier molecular flexibility index (Phi) is 6.22. The molecular formula is C19H14N2O8S2. The van der Waals surface area contributed by atoms with Crippen molar-refractivity contribution in [3.63, 3.8) is 0 Å². The molecule has 160 valence electrons. The fraction of sp³-hybridized carbons (Fsp3) is 0.158. The number of benzene rings is 1. The van der Waals surface area contributed by atoms with Gasteiger partial charge in [0.05, 0.1) is 21.8 Å². The van der Waals surface area contributed by atoms with Crippen molar-refractivity contribution in [1.82, 2.24) is 4.90 Å². The van der Waals surface area contributed by atoms with Crippen LogP contribution in [0.5, 0.6) is 0 Å². The maximum Gasteiger partial charge on any atom is 0.327 e. The van der Waals surface area contributed by atoms with E-state index >= 15 is 0 Å². The molecule has 1 unspecified atom stereocenters. The summed E-state index contributed by atoms with van der Waals surface area (Å²) in [5, 5.41) is 29.6. The van der Waals surface area contributed by atoms with Gasteiger partial charge >= 0.3 is 11.9 Å². The number of carboxylic acids is 2. The fourth-order valence-corrected chi connectivity index (χ4v) is 4.25. The summed E-state index contributed by atoms with van der Waals surface area (Å²) >= 11 is 5.87. The molecule has 0 aliphatic carbocycles. The number of carboxylic acid groups (broad SMARTS) is 2. The zero-order chi connectivity index (χ0) is 22.9. The molecule has 1 aliphatic heterocycles. The Morgan fingerprint density at radius 1 is 1.32 bits per heavy atom. The van der Waals surface area contributed by atoms with Crippen molar-refractivity contribution in [2.45, 2.75) is 19.4 Å². The summed E-state index contributed by atoms with van der Waals surface area (Å²) in [5.41, 5.74) is 0.834. The van der Waals surface area contributed by atoms with Crippen LogP contribution in [0.4, 0.5) is 5.69 Å². The highest BCUT2D eigenvalue weighted by atomic mass is 32.2. The first-order valence-electron chi connectivity index (χ1n) is 8.65. The Morgan fingerprint density at radius 2 is 2.03 bits per heavy atom. The van der Waals surface area contributed by atoms with Gasteiger partial charge in [0.2, 0.25) is 0 Å². The molecule has 1 fully saturated rings. The predicted molar refractivity (Wildman–Crippen MR) is 114 cm³/mol. The number of aliphatic carboxylic acids is 2. The number of hydrogen-bond donors (Lipinski definition) is 2.